The van der Waals surface area contributed by atoms with Crippen molar-refractivity contribution in [3.63, 3.8) is 0 Å². The van der Waals surface area contributed by atoms with Crippen LogP contribution in [0.15, 0.2) is 42.5 Å². The van der Waals surface area contributed by atoms with E-state index in [1.54, 1.807) is 14.2 Å². The Balaban J connectivity index is 1.84. The molecule has 2 aromatic rings. The van der Waals surface area contributed by atoms with Gasteiger partial charge in [0, 0.05) is 18.7 Å². The maximum Gasteiger partial charge on any atom is 0.251 e. The smallest absolute Gasteiger partial charge is 0.251 e. The summed E-state index contributed by atoms with van der Waals surface area (Å²) in [5.74, 6) is 1.43. The summed E-state index contributed by atoms with van der Waals surface area (Å²) in [6.07, 6.45) is 0.965. The van der Waals surface area contributed by atoms with Crippen molar-refractivity contribution in [2.45, 2.75) is 19.4 Å². The standard InChI is InChI=1S/C21H26N2O3/c1-4-23-11-10-16-12-19(25-2)20(26-3)13-17(16)18(23)14-22-21(24)15-8-6-5-7-9-15/h5-9,12-13,18H,4,10-11,14H2,1-3H3,(H,22,24). The molecule has 0 radical (unpaired) electrons. The van der Waals surface area contributed by atoms with Crippen LogP contribution in [0.4, 0.5) is 0 Å². The summed E-state index contributed by atoms with van der Waals surface area (Å²) in [6.45, 7) is 4.60. The number of likely N-dealkylation sites (N-methyl/N-ethyl adjacent to an activating group) is 1. The molecular formula is C21H26N2O3. The van der Waals surface area contributed by atoms with E-state index in [0.29, 0.717) is 12.1 Å². The third-order valence-electron chi connectivity index (χ3n) is 5.01. The Morgan fingerprint density at radius 3 is 2.50 bits per heavy atom. The van der Waals surface area contributed by atoms with Gasteiger partial charge in [-0.25, -0.2) is 0 Å². The van der Waals surface area contributed by atoms with Gasteiger partial charge in [0.1, 0.15) is 0 Å². The Labute approximate surface area is 154 Å². The zero-order valence-electron chi connectivity index (χ0n) is 15.6. The van der Waals surface area contributed by atoms with Crippen molar-refractivity contribution in [1.82, 2.24) is 10.2 Å². The first-order valence-electron chi connectivity index (χ1n) is 9.00. The minimum absolute atomic E-state index is 0.0470. The summed E-state index contributed by atoms with van der Waals surface area (Å²) in [6, 6.07) is 13.6. The SMILES string of the molecule is CCN1CCc2cc(OC)c(OC)cc2C1CNC(=O)c1ccccc1. The fraction of sp³-hybridized carbons (Fsp3) is 0.381. The Morgan fingerprint density at radius 1 is 1.15 bits per heavy atom. The van der Waals surface area contributed by atoms with Gasteiger partial charge in [0.25, 0.3) is 5.91 Å². The summed E-state index contributed by atoms with van der Waals surface area (Å²) >= 11 is 0. The van der Waals surface area contributed by atoms with Gasteiger partial charge >= 0.3 is 0 Å². The third-order valence-corrected chi connectivity index (χ3v) is 5.01. The number of fused-ring (bicyclic) bond motifs is 1. The number of methoxy groups -OCH3 is 2. The van der Waals surface area contributed by atoms with Crippen molar-refractivity contribution in [1.29, 1.82) is 0 Å². The van der Waals surface area contributed by atoms with Gasteiger partial charge in [0.15, 0.2) is 11.5 Å². The van der Waals surface area contributed by atoms with Crippen LogP contribution in [0.3, 0.4) is 0 Å². The molecule has 0 fully saturated rings. The van der Waals surface area contributed by atoms with Crippen LogP contribution >= 0.6 is 0 Å². The molecule has 5 nitrogen and oxygen atoms in total. The second kappa shape index (κ2) is 8.23. The molecule has 1 unspecified atom stereocenters. The van der Waals surface area contributed by atoms with E-state index < -0.39 is 0 Å². The zero-order valence-corrected chi connectivity index (χ0v) is 15.6. The molecule has 2 aromatic carbocycles. The van der Waals surface area contributed by atoms with E-state index in [-0.39, 0.29) is 11.9 Å². The number of nitrogens with zero attached hydrogens (tertiary/aromatic N) is 1. The molecule has 3 rings (SSSR count). The lowest BCUT2D eigenvalue weighted by Gasteiger charge is -2.37. The number of hydrogen-bond acceptors (Lipinski definition) is 4. The largest absolute Gasteiger partial charge is 0.493 e. The molecule has 0 spiro atoms. The first kappa shape index (κ1) is 18.3. The molecular weight excluding hydrogens is 328 g/mol. The molecule has 1 heterocycles. The number of amides is 1. The van der Waals surface area contributed by atoms with Crippen LogP contribution in [0.1, 0.15) is 34.5 Å². The normalized spacial score (nSPS) is 16.7. The average Bonchev–Trinajstić information content (AvgIpc) is 2.71. The summed E-state index contributed by atoms with van der Waals surface area (Å²) in [4.78, 5) is 14.8. The summed E-state index contributed by atoms with van der Waals surface area (Å²) in [5.41, 5.74) is 3.13. The Bertz CT molecular complexity index is 761. The predicted molar refractivity (Wildman–Crippen MR) is 102 cm³/mol. The van der Waals surface area contributed by atoms with Crippen molar-refractivity contribution in [3.05, 3.63) is 59.2 Å². The highest BCUT2D eigenvalue weighted by atomic mass is 16.5. The van der Waals surface area contributed by atoms with Crippen molar-refractivity contribution in [2.24, 2.45) is 0 Å². The molecule has 1 amide bonds. The van der Waals surface area contributed by atoms with Crippen LogP contribution in [0, 0.1) is 0 Å². The van der Waals surface area contributed by atoms with E-state index in [4.69, 9.17) is 9.47 Å². The molecule has 5 heteroatoms. The van der Waals surface area contributed by atoms with Gasteiger partial charge in [-0.2, -0.15) is 0 Å². The quantitative estimate of drug-likeness (QED) is 0.866. The zero-order chi connectivity index (χ0) is 18.5. The molecule has 1 N–H and O–H groups in total. The van der Waals surface area contributed by atoms with Gasteiger partial charge in [0.05, 0.1) is 20.3 Å². The van der Waals surface area contributed by atoms with Gasteiger partial charge in [-0.1, -0.05) is 25.1 Å². The molecule has 1 atom stereocenters. The molecule has 0 saturated carbocycles. The molecule has 0 bridgehead atoms. The van der Waals surface area contributed by atoms with Crippen LogP contribution in [0.2, 0.25) is 0 Å². The fourth-order valence-electron chi connectivity index (χ4n) is 3.58. The number of rotatable bonds is 6. The monoisotopic (exact) mass is 354 g/mol. The molecule has 1 aliphatic heterocycles. The van der Waals surface area contributed by atoms with Gasteiger partial charge in [-0.15, -0.1) is 0 Å². The molecule has 1 aliphatic rings. The van der Waals surface area contributed by atoms with Crippen molar-refractivity contribution in [3.8, 4) is 11.5 Å². The van der Waals surface area contributed by atoms with Crippen LogP contribution in [0.5, 0.6) is 11.5 Å². The fourth-order valence-corrected chi connectivity index (χ4v) is 3.58. The maximum atomic E-state index is 12.4. The first-order chi connectivity index (χ1) is 12.7. The van der Waals surface area contributed by atoms with Crippen LogP contribution in [-0.4, -0.2) is 44.7 Å². The van der Waals surface area contributed by atoms with E-state index in [1.807, 2.05) is 30.3 Å². The van der Waals surface area contributed by atoms with Crippen molar-refractivity contribution < 1.29 is 14.3 Å². The van der Waals surface area contributed by atoms with E-state index in [9.17, 15) is 4.79 Å². The molecule has 0 saturated heterocycles. The highest BCUT2D eigenvalue weighted by molar-refractivity contribution is 5.94. The van der Waals surface area contributed by atoms with Gasteiger partial charge in [-0.05, 0) is 48.4 Å². The Morgan fingerprint density at radius 2 is 1.85 bits per heavy atom. The van der Waals surface area contributed by atoms with E-state index in [0.717, 1.165) is 31.0 Å². The molecule has 0 aliphatic carbocycles. The van der Waals surface area contributed by atoms with Gasteiger partial charge in [-0.3, -0.25) is 9.69 Å². The summed E-state index contributed by atoms with van der Waals surface area (Å²) in [5, 5.41) is 3.09. The highest BCUT2D eigenvalue weighted by Gasteiger charge is 2.28. The number of ether oxygens (including phenoxy) is 2. The highest BCUT2D eigenvalue weighted by Crippen LogP contribution is 2.37. The molecule has 26 heavy (non-hydrogen) atoms. The van der Waals surface area contributed by atoms with Crippen molar-refractivity contribution >= 4 is 5.91 Å². The lowest BCUT2D eigenvalue weighted by molar-refractivity contribution is 0.0930. The van der Waals surface area contributed by atoms with Crippen LogP contribution < -0.4 is 14.8 Å². The summed E-state index contributed by atoms with van der Waals surface area (Å²) < 4.78 is 10.9. The lowest BCUT2D eigenvalue weighted by Crippen LogP contribution is -2.42. The number of hydrogen-bond donors (Lipinski definition) is 1. The minimum Gasteiger partial charge on any atom is -0.493 e. The Kier molecular flexibility index (Phi) is 5.78. The number of carbonyl (C=O) groups excluding carboxylic acids is 1. The van der Waals surface area contributed by atoms with Gasteiger partial charge in [0.2, 0.25) is 0 Å². The number of benzene rings is 2. The second-order valence-corrected chi connectivity index (χ2v) is 6.38. The molecule has 138 valence electrons. The topological polar surface area (TPSA) is 50.8 Å². The lowest BCUT2D eigenvalue weighted by atomic mass is 9.91. The molecule has 0 aromatic heterocycles. The Hall–Kier alpha value is -2.53. The summed E-state index contributed by atoms with van der Waals surface area (Å²) in [7, 11) is 3.31. The number of carbonyl (C=O) groups is 1. The van der Waals surface area contributed by atoms with E-state index in [1.165, 1.54) is 11.1 Å². The van der Waals surface area contributed by atoms with Crippen molar-refractivity contribution in [2.75, 3.05) is 33.9 Å². The first-order valence-corrected chi connectivity index (χ1v) is 9.00. The maximum absolute atomic E-state index is 12.4. The minimum atomic E-state index is -0.0470. The van der Waals surface area contributed by atoms with Crippen LogP contribution in [-0.2, 0) is 6.42 Å². The second-order valence-electron chi connectivity index (χ2n) is 6.38. The van der Waals surface area contributed by atoms with Gasteiger partial charge < -0.3 is 14.8 Å². The number of nitrogens with one attached hydrogen (secondary N) is 1. The van der Waals surface area contributed by atoms with Crippen LogP contribution in [0.25, 0.3) is 0 Å². The van der Waals surface area contributed by atoms with E-state index >= 15 is 0 Å². The predicted octanol–water partition coefficient (Wildman–Crippen LogP) is 3.05. The third kappa shape index (κ3) is 3.68. The van der Waals surface area contributed by atoms with E-state index in [2.05, 4.69) is 29.3 Å². The average molecular weight is 354 g/mol.